The van der Waals surface area contributed by atoms with Gasteiger partial charge in [-0.15, -0.1) is 4.40 Å². The van der Waals surface area contributed by atoms with Crippen molar-refractivity contribution in [2.45, 2.75) is 10.9 Å². The molecule has 0 fully saturated rings. The van der Waals surface area contributed by atoms with Crippen molar-refractivity contribution in [3.8, 4) is 0 Å². The second-order valence-corrected chi connectivity index (χ2v) is 9.93. The van der Waals surface area contributed by atoms with Crippen LogP contribution in [-0.4, -0.2) is 36.8 Å². The molecule has 0 bridgehead atoms. The molecule has 156 valence electrons. The minimum absolute atomic E-state index is 0.0123. The second kappa shape index (κ2) is 7.82. The van der Waals surface area contributed by atoms with Crippen LogP contribution in [0.4, 0.5) is 5.69 Å². The number of amidine groups is 1. The third-order valence-electron chi connectivity index (χ3n) is 5.13. The normalized spacial score (nSPS) is 17.3. The predicted molar refractivity (Wildman–Crippen MR) is 121 cm³/mol. The highest BCUT2D eigenvalue weighted by Gasteiger charge is 2.33. The Morgan fingerprint density at radius 3 is 2.65 bits per heavy atom. The van der Waals surface area contributed by atoms with Crippen LogP contribution in [0.25, 0.3) is 0 Å². The van der Waals surface area contributed by atoms with Crippen molar-refractivity contribution in [1.82, 2.24) is 10.3 Å². The largest absolute Gasteiger partial charge is 0.340 e. The first-order chi connectivity index (χ1) is 15.0. The van der Waals surface area contributed by atoms with Crippen molar-refractivity contribution in [2.24, 2.45) is 4.40 Å². The van der Waals surface area contributed by atoms with Crippen LogP contribution in [0.1, 0.15) is 27.7 Å². The Bertz CT molecular complexity index is 1240. The van der Waals surface area contributed by atoms with E-state index in [1.807, 2.05) is 59.5 Å². The van der Waals surface area contributed by atoms with E-state index < -0.39 is 16.1 Å². The number of nitrogens with zero attached hydrogens (tertiary/aromatic N) is 3. The maximum absolute atomic E-state index is 13.1. The lowest BCUT2D eigenvalue weighted by molar-refractivity contribution is 0.0942. The van der Waals surface area contributed by atoms with E-state index in [0.29, 0.717) is 17.3 Å². The third kappa shape index (κ3) is 3.94. The molecule has 0 radical (unpaired) electrons. The standard InChI is InChI=1S/C22H18N4O3S2/c27-21(24-20(15-6-2-1-3-7-15)17-8-4-5-11-23-17)16-9-10-18-19(14-16)30-22-25-31(28,29)13-12-26(18)22/h1-11,14,20H,12-13H2,(H,24,27). The summed E-state index contributed by atoms with van der Waals surface area (Å²) in [5, 5.41) is 3.52. The lowest BCUT2D eigenvalue weighted by Crippen LogP contribution is -2.35. The van der Waals surface area contributed by atoms with Gasteiger partial charge in [0.2, 0.25) is 0 Å². The number of nitrogens with one attached hydrogen (secondary N) is 1. The van der Waals surface area contributed by atoms with Gasteiger partial charge in [-0.1, -0.05) is 36.4 Å². The Morgan fingerprint density at radius 2 is 1.87 bits per heavy atom. The highest BCUT2D eigenvalue weighted by atomic mass is 32.2. The van der Waals surface area contributed by atoms with Gasteiger partial charge >= 0.3 is 0 Å². The quantitative estimate of drug-likeness (QED) is 0.656. The molecule has 9 heteroatoms. The minimum atomic E-state index is -3.42. The number of sulfonamides is 1. The summed E-state index contributed by atoms with van der Waals surface area (Å²) in [5.74, 6) is -0.246. The highest BCUT2D eigenvalue weighted by Crippen LogP contribution is 2.42. The number of amides is 1. The summed E-state index contributed by atoms with van der Waals surface area (Å²) < 4.78 is 27.5. The molecule has 0 aliphatic carbocycles. The van der Waals surface area contributed by atoms with E-state index in [1.54, 1.807) is 18.3 Å². The zero-order valence-corrected chi connectivity index (χ0v) is 17.9. The molecule has 2 aliphatic rings. The summed E-state index contributed by atoms with van der Waals surface area (Å²) in [5.41, 5.74) is 3.04. The summed E-state index contributed by atoms with van der Waals surface area (Å²) in [4.78, 5) is 20.3. The highest BCUT2D eigenvalue weighted by molar-refractivity contribution is 8.15. The summed E-state index contributed by atoms with van der Waals surface area (Å²) in [7, 11) is -3.42. The molecule has 1 N–H and O–H groups in total. The minimum Gasteiger partial charge on any atom is -0.340 e. The van der Waals surface area contributed by atoms with Crippen LogP contribution in [-0.2, 0) is 10.0 Å². The van der Waals surface area contributed by atoms with Crippen molar-refractivity contribution >= 4 is 38.5 Å². The first-order valence-corrected chi connectivity index (χ1v) is 12.1. The number of anilines is 1. The van der Waals surface area contributed by atoms with Crippen molar-refractivity contribution in [3.05, 3.63) is 89.7 Å². The van der Waals surface area contributed by atoms with Crippen molar-refractivity contribution in [1.29, 1.82) is 0 Å². The van der Waals surface area contributed by atoms with E-state index in [1.165, 1.54) is 11.8 Å². The van der Waals surface area contributed by atoms with Gasteiger partial charge < -0.3 is 10.2 Å². The Kier molecular flexibility index (Phi) is 4.99. The molecule has 7 nitrogen and oxygen atoms in total. The molecular weight excluding hydrogens is 432 g/mol. The van der Waals surface area contributed by atoms with Gasteiger partial charge in [-0.05, 0) is 47.7 Å². The number of thioether (sulfide) groups is 1. The first kappa shape index (κ1) is 19.8. The van der Waals surface area contributed by atoms with Crippen molar-refractivity contribution < 1.29 is 13.2 Å². The Hall–Kier alpha value is -3.17. The van der Waals surface area contributed by atoms with Crippen LogP contribution in [0.2, 0.25) is 0 Å². The molecule has 1 amide bonds. The fraction of sp³-hybridized carbons (Fsp3) is 0.136. The lowest BCUT2D eigenvalue weighted by atomic mass is 10.0. The zero-order valence-electron chi connectivity index (χ0n) is 16.3. The Balaban J connectivity index is 1.43. The molecule has 0 saturated heterocycles. The van der Waals surface area contributed by atoms with Crippen LogP contribution in [0.5, 0.6) is 0 Å². The molecule has 1 atom stereocenters. The van der Waals surface area contributed by atoms with Crippen LogP contribution in [0, 0.1) is 0 Å². The second-order valence-electron chi connectivity index (χ2n) is 7.17. The van der Waals surface area contributed by atoms with Gasteiger partial charge in [0.15, 0.2) is 5.17 Å². The average Bonchev–Trinajstić information content (AvgIpc) is 3.13. The molecule has 1 unspecified atom stereocenters. The maximum atomic E-state index is 13.1. The molecular formula is C22H18N4O3S2. The van der Waals surface area contributed by atoms with E-state index in [2.05, 4.69) is 14.7 Å². The number of benzene rings is 2. The molecule has 2 aliphatic heterocycles. The first-order valence-electron chi connectivity index (χ1n) is 9.69. The van der Waals surface area contributed by atoms with Gasteiger partial charge in [0, 0.05) is 23.2 Å². The number of pyridine rings is 1. The number of aromatic nitrogens is 1. The maximum Gasteiger partial charge on any atom is 0.257 e. The number of hydrogen-bond donors (Lipinski definition) is 1. The number of carbonyl (C=O) groups is 1. The fourth-order valence-electron chi connectivity index (χ4n) is 3.61. The molecule has 31 heavy (non-hydrogen) atoms. The number of carbonyl (C=O) groups excluding carboxylic acids is 1. The Morgan fingerprint density at radius 1 is 1.06 bits per heavy atom. The number of rotatable bonds is 4. The average molecular weight is 451 g/mol. The van der Waals surface area contributed by atoms with E-state index in [-0.39, 0.29) is 11.7 Å². The molecule has 0 saturated carbocycles. The molecule has 1 aromatic heterocycles. The monoisotopic (exact) mass is 450 g/mol. The van der Waals surface area contributed by atoms with Crippen LogP contribution in [0.15, 0.2) is 82.2 Å². The van der Waals surface area contributed by atoms with Gasteiger partial charge in [0.05, 0.1) is 23.2 Å². The van der Waals surface area contributed by atoms with E-state index in [4.69, 9.17) is 0 Å². The van der Waals surface area contributed by atoms with E-state index in [9.17, 15) is 13.2 Å². The molecule has 5 rings (SSSR count). The van der Waals surface area contributed by atoms with Crippen LogP contribution in [0.3, 0.4) is 0 Å². The number of hydrogen-bond acceptors (Lipinski definition) is 6. The SMILES string of the molecule is O=C(NC(c1ccccc1)c1ccccn1)c1ccc2c(c1)SC1=NS(=O)(=O)CCN12. The summed E-state index contributed by atoms with van der Waals surface area (Å²) in [6.45, 7) is 0.364. The molecule has 3 aromatic rings. The van der Waals surface area contributed by atoms with E-state index in [0.717, 1.165) is 21.8 Å². The van der Waals surface area contributed by atoms with E-state index >= 15 is 0 Å². The molecule has 3 heterocycles. The number of fused-ring (bicyclic) bond motifs is 3. The van der Waals surface area contributed by atoms with Crippen molar-refractivity contribution in [2.75, 3.05) is 17.2 Å². The third-order valence-corrected chi connectivity index (χ3v) is 7.43. The van der Waals surface area contributed by atoms with Gasteiger partial charge in [-0.3, -0.25) is 9.78 Å². The smallest absolute Gasteiger partial charge is 0.257 e. The molecule has 0 spiro atoms. The van der Waals surface area contributed by atoms with Crippen molar-refractivity contribution in [3.63, 3.8) is 0 Å². The molecule has 2 aromatic carbocycles. The lowest BCUT2D eigenvalue weighted by Gasteiger charge is -2.22. The van der Waals surface area contributed by atoms with Gasteiger partial charge in [-0.25, -0.2) is 8.42 Å². The summed E-state index contributed by atoms with van der Waals surface area (Å²) >= 11 is 1.27. The predicted octanol–water partition coefficient (Wildman–Crippen LogP) is 3.21. The van der Waals surface area contributed by atoms with Gasteiger partial charge in [0.1, 0.15) is 0 Å². The fourth-order valence-corrected chi connectivity index (χ4v) is 5.90. The van der Waals surface area contributed by atoms with Crippen LogP contribution >= 0.6 is 11.8 Å². The van der Waals surface area contributed by atoms with Gasteiger partial charge in [-0.2, -0.15) is 0 Å². The Labute approximate surface area is 184 Å². The van der Waals surface area contributed by atoms with Gasteiger partial charge in [0.25, 0.3) is 15.9 Å². The topological polar surface area (TPSA) is 91.7 Å². The summed E-state index contributed by atoms with van der Waals surface area (Å²) in [6, 6.07) is 20.3. The van der Waals surface area contributed by atoms with Crippen LogP contribution < -0.4 is 10.2 Å². The summed E-state index contributed by atoms with van der Waals surface area (Å²) in [6.07, 6.45) is 1.70. The zero-order chi connectivity index (χ0) is 21.4.